The highest BCUT2D eigenvalue weighted by atomic mass is 32.1. The van der Waals surface area contributed by atoms with E-state index in [-0.39, 0.29) is 10.4 Å². The van der Waals surface area contributed by atoms with Crippen molar-refractivity contribution in [3.05, 3.63) is 0 Å². The number of hydrogen-bond acceptors (Lipinski definition) is 3. The van der Waals surface area contributed by atoms with Crippen molar-refractivity contribution in [1.82, 2.24) is 10.6 Å². The number of thiocarbonyl (C=S) groups is 1. The van der Waals surface area contributed by atoms with Gasteiger partial charge in [-0.15, -0.1) is 0 Å². The number of rotatable bonds is 3. The van der Waals surface area contributed by atoms with Crippen LogP contribution >= 0.6 is 37.5 Å². The van der Waals surface area contributed by atoms with Crippen LogP contribution in [0.5, 0.6) is 0 Å². The first-order chi connectivity index (χ1) is 6.36. The number of carbonyl (C=O) groups excluding carboxylic acids is 2. The van der Waals surface area contributed by atoms with Crippen molar-refractivity contribution in [2.24, 2.45) is 11.5 Å². The number of nitrogens with one attached hydrogen (secondary N) is 2. The largest absolute Gasteiger partial charge is 0.376 e. The van der Waals surface area contributed by atoms with Crippen LogP contribution in [0.1, 0.15) is 0 Å². The van der Waals surface area contributed by atoms with Crippen molar-refractivity contribution in [2.45, 2.75) is 0 Å². The summed E-state index contributed by atoms with van der Waals surface area (Å²) in [6.45, 7) is 1.00. The SMILES string of the molecule is NC(=O)S.NC(=S)NCCNC(=O)S. The molecule has 0 saturated heterocycles. The number of primary amides is 1. The lowest BCUT2D eigenvalue weighted by Gasteiger charge is -2.02. The van der Waals surface area contributed by atoms with Crippen molar-refractivity contribution in [3.8, 4) is 0 Å². The van der Waals surface area contributed by atoms with Gasteiger partial charge in [-0.05, 0) is 12.2 Å². The van der Waals surface area contributed by atoms with Gasteiger partial charge in [-0.3, -0.25) is 9.59 Å². The highest BCUT2D eigenvalue weighted by Gasteiger charge is 1.89. The Morgan fingerprint density at radius 3 is 1.79 bits per heavy atom. The first-order valence-corrected chi connectivity index (χ1v) is 4.65. The fourth-order valence-electron chi connectivity index (χ4n) is 0.355. The fraction of sp³-hybridized carbons (Fsp3) is 0.400. The molecule has 0 fully saturated rings. The molecular weight excluding hydrogens is 244 g/mol. The van der Waals surface area contributed by atoms with Crippen molar-refractivity contribution < 1.29 is 9.59 Å². The minimum atomic E-state index is -0.639. The summed E-state index contributed by atoms with van der Waals surface area (Å²) in [6.07, 6.45) is 0. The molecule has 0 aliphatic heterocycles. The van der Waals surface area contributed by atoms with Gasteiger partial charge in [0.2, 0.25) is 0 Å². The molecule has 9 heteroatoms. The van der Waals surface area contributed by atoms with Crippen molar-refractivity contribution >= 4 is 53.1 Å². The Morgan fingerprint density at radius 1 is 1.14 bits per heavy atom. The van der Waals surface area contributed by atoms with Gasteiger partial charge in [0.1, 0.15) is 0 Å². The second-order valence-electron chi connectivity index (χ2n) is 1.86. The summed E-state index contributed by atoms with van der Waals surface area (Å²) in [7, 11) is 0. The van der Waals surface area contributed by atoms with Crippen LogP contribution < -0.4 is 22.1 Å². The van der Waals surface area contributed by atoms with E-state index in [1.54, 1.807) is 0 Å². The summed E-state index contributed by atoms with van der Waals surface area (Å²) >= 11 is 11.1. The van der Waals surface area contributed by atoms with E-state index in [2.05, 4.69) is 53.8 Å². The van der Waals surface area contributed by atoms with Crippen LogP contribution in [0.25, 0.3) is 0 Å². The Hall–Kier alpha value is -0.670. The standard InChI is InChI=1S/C4H9N3OS2.CH3NOS/c5-3(9)6-1-2-7-4(8)10;2-1(3)4/h1-2H2,(H3,5,6,9)(H2,7,8,10);(H3,2,3,4). The monoisotopic (exact) mass is 256 g/mol. The van der Waals surface area contributed by atoms with E-state index >= 15 is 0 Å². The molecule has 0 radical (unpaired) electrons. The van der Waals surface area contributed by atoms with E-state index in [0.29, 0.717) is 13.1 Å². The zero-order valence-corrected chi connectivity index (χ0v) is 9.79. The summed E-state index contributed by atoms with van der Waals surface area (Å²) in [4.78, 5) is 19.2. The summed E-state index contributed by atoms with van der Waals surface area (Å²) in [5, 5.41) is 4.34. The smallest absolute Gasteiger partial charge is 0.276 e. The second kappa shape index (κ2) is 10.4. The van der Waals surface area contributed by atoms with Gasteiger partial charge in [-0.1, -0.05) is 25.3 Å². The maximum Gasteiger partial charge on any atom is 0.276 e. The molecule has 82 valence electrons. The number of amides is 2. The van der Waals surface area contributed by atoms with E-state index < -0.39 is 5.24 Å². The summed E-state index contributed by atoms with van der Waals surface area (Å²) in [5.41, 5.74) is 9.43. The molecule has 0 aromatic carbocycles. The van der Waals surface area contributed by atoms with Crippen LogP contribution in [-0.2, 0) is 0 Å². The van der Waals surface area contributed by atoms with Crippen molar-refractivity contribution in [1.29, 1.82) is 0 Å². The molecule has 0 rings (SSSR count). The Kier molecular flexibility index (Phi) is 11.7. The molecule has 0 aromatic heterocycles. The molecule has 0 spiro atoms. The highest BCUT2D eigenvalue weighted by Crippen LogP contribution is 1.72. The second-order valence-corrected chi connectivity index (χ2v) is 3.15. The number of carbonyl (C=O) groups is 2. The third-order valence-corrected chi connectivity index (χ3v) is 1.00. The Morgan fingerprint density at radius 2 is 1.50 bits per heavy atom. The Balaban J connectivity index is 0. The lowest BCUT2D eigenvalue weighted by molar-refractivity contribution is 0.261. The van der Waals surface area contributed by atoms with Gasteiger partial charge in [0.25, 0.3) is 10.5 Å². The van der Waals surface area contributed by atoms with Gasteiger partial charge in [0.15, 0.2) is 5.11 Å². The zero-order chi connectivity index (χ0) is 11.6. The Labute approximate surface area is 98.0 Å². The molecule has 6 nitrogen and oxygen atoms in total. The molecule has 6 N–H and O–H groups in total. The summed E-state index contributed by atoms with van der Waals surface area (Å²) < 4.78 is 0. The predicted octanol–water partition coefficient (Wildman–Crippen LogP) is -0.546. The van der Waals surface area contributed by atoms with Crippen molar-refractivity contribution in [2.75, 3.05) is 13.1 Å². The molecule has 2 amide bonds. The minimum Gasteiger partial charge on any atom is -0.376 e. The van der Waals surface area contributed by atoms with Crippen LogP contribution in [0, 0.1) is 0 Å². The zero-order valence-electron chi connectivity index (χ0n) is 7.19. The average molecular weight is 256 g/mol. The molecule has 0 unspecified atom stereocenters. The van der Waals surface area contributed by atoms with Gasteiger partial charge < -0.3 is 22.1 Å². The van der Waals surface area contributed by atoms with E-state index in [1.165, 1.54) is 0 Å². The number of thiol groups is 2. The predicted molar refractivity (Wildman–Crippen MR) is 65.7 cm³/mol. The lowest BCUT2D eigenvalue weighted by atomic mass is 10.6. The normalized spacial score (nSPS) is 7.86. The molecular formula is C5H12N4O2S3. The summed E-state index contributed by atoms with van der Waals surface area (Å²) in [6, 6.07) is 0. The van der Waals surface area contributed by atoms with E-state index in [0.717, 1.165) is 0 Å². The van der Waals surface area contributed by atoms with Gasteiger partial charge in [0, 0.05) is 13.1 Å². The fourth-order valence-corrected chi connectivity index (χ4v) is 0.569. The van der Waals surface area contributed by atoms with Crippen LogP contribution in [0.4, 0.5) is 9.59 Å². The third kappa shape index (κ3) is 30.2. The van der Waals surface area contributed by atoms with Gasteiger partial charge in [-0.25, -0.2) is 0 Å². The molecule has 0 aliphatic rings. The maximum atomic E-state index is 10.1. The Bertz CT molecular complexity index is 191. The molecule has 0 atom stereocenters. The van der Waals surface area contributed by atoms with E-state index in [1.807, 2.05) is 0 Å². The molecule has 14 heavy (non-hydrogen) atoms. The third-order valence-electron chi connectivity index (χ3n) is 0.700. The quantitative estimate of drug-likeness (QED) is 0.231. The molecule has 0 aromatic rings. The first-order valence-electron chi connectivity index (χ1n) is 3.34. The lowest BCUT2D eigenvalue weighted by Crippen LogP contribution is -2.35. The van der Waals surface area contributed by atoms with Gasteiger partial charge >= 0.3 is 0 Å². The molecule has 0 bridgehead atoms. The maximum absolute atomic E-state index is 10.1. The highest BCUT2D eigenvalue weighted by molar-refractivity contribution is 7.96. The van der Waals surface area contributed by atoms with Gasteiger partial charge in [-0.2, -0.15) is 0 Å². The van der Waals surface area contributed by atoms with Crippen LogP contribution in [0.15, 0.2) is 0 Å². The van der Waals surface area contributed by atoms with Crippen LogP contribution in [0.2, 0.25) is 0 Å². The molecule has 0 aliphatic carbocycles. The van der Waals surface area contributed by atoms with E-state index in [4.69, 9.17) is 10.5 Å². The van der Waals surface area contributed by atoms with Crippen LogP contribution in [0.3, 0.4) is 0 Å². The first kappa shape index (κ1) is 15.8. The number of hydrogen-bond donors (Lipinski definition) is 6. The van der Waals surface area contributed by atoms with Gasteiger partial charge in [0.05, 0.1) is 0 Å². The molecule has 0 heterocycles. The van der Waals surface area contributed by atoms with Crippen molar-refractivity contribution in [3.63, 3.8) is 0 Å². The van der Waals surface area contributed by atoms with Crippen LogP contribution in [-0.4, -0.2) is 28.7 Å². The molecule has 0 saturated carbocycles. The minimum absolute atomic E-state index is 0.230. The average Bonchev–Trinajstić information content (AvgIpc) is 1.96. The number of nitrogens with two attached hydrogens (primary N) is 2. The summed E-state index contributed by atoms with van der Waals surface area (Å²) in [5.74, 6) is 0. The van der Waals surface area contributed by atoms with E-state index in [9.17, 15) is 4.79 Å². The topological polar surface area (TPSA) is 110 Å².